The first kappa shape index (κ1) is 13.4. The highest BCUT2D eigenvalue weighted by atomic mass is 16.1. The maximum absolute atomic E-state index is 12.2. The predicted octanol–water partition coefficient (Wildman–Crippen LogP) is 4.45. The average Bonchev–Trinajstić information content (AvgIpc) is 2.88. The van der Waals surface area contributed by atoms with Gasteiger partial charge < -0.3 is 4.57 Å². The number of nitrogens with zero attached hydrogens (tertiary/aromatic N) is 1. The summed E-state index contributed by atoms with van der Waals surface area (Å²) in [6.45, 7) is 2.63. The van der Waals surface area contributed by atoms with Gasteiger partial charge in [0, 0.05) is 29.2 Å². The molecule has 0 N–H and O–H groups in total. The third-order valence-electron chi connectivity index (χ3n) is 3.57. The van der Waals surface area contributed by atoms with Crippen LogP contribution in [0.25, 0.3) is 10.9 Å². The third-order valence-corrected chi connectivity index (χ3v) is 3.57. The van der Waals surface area contributed by atoms with E-state index in [2.05, 4.69) is 22.8 Å². The van der Waals surface area contributed by atoms with E-state index < -0.39 is 0 Å². The Hall–Kier alpha value is -2.61. The van der Waals surface area contributed by atoms with Crippen molar-refractivity contribution in [3.63, 3.8) is 0 Å². The summed E-state index contributed by atoms with van der Waals surface area (Å²) in [6.07, 6.45) is 5.36. The fourth-order valence-corrected chi connectivity index (χ4v) is 2.60. The molecular weight excluding hydrogens is 258 g/mol. The zero-order valence-electron chi connectivity index (χ0n) is 12.0. The molecule has 1 heterocycles. The molecule has 0 bridgehead atoms. The fraction of sp³-hybridized carbons (Fsp3) is 0.105. The molecule has 0 radical (unpaired) electrons. The summed E-state index contributed by atoms with van der Waals surface area (Å²) in [5, 5.41) is 1.01. The van der Waals surface area contributed by atoms with Crippen molar-refractivity contribution < 1.29 is 4.79 Å². The van der Waals surface area contributed by atoms with Gasteiger partial charge in [-0.3, -0.25) is 4.79 Å². The number of allylic oxidation sites excluding steroid dienone is 2. The minimum atomic E-state index is 0.0560. The first-order chi connectivity index (χ1) is 10.3. The smallest absolute Gasteiger partial charge is 0.187 e. The maximum atomic E-state index is 12.2. The van der Waals surface area contributed by atoms with Gasteiger partial charge in [0.15, 0.2) is 5.78 Å². The summed E-state index contributed by atoms with van der Waals surface area (Å²) < 4.78 is 2.14. The van der Waals surface area contributed by atoms with Gasteiger partial charge in [0.05, 0.1) is 0 Å². The molecule has 0 unspecified atom stereocenters. The Morgan fingerprint density at radius 3 is 2.52 bits per heavy atom. The molecule has 21 heavy (non-hydrogen) atoms. The molecule has 0 saturated carbocycles. The molecule has 3 rings (SSSR count). The van der Waals surface area contributed by atoms with Crippen LogP contribution >= 0.6 is 0 Å². The lowest BCUT2D eigenvalue weighted by Gasteiger charge is -2.05. The van der Waals surface area contributed by atoms with Crippen molar-refractivity contribution in [1.29, 1.82) is 0 Å². The predicted molar refractivity (Wildman–Crippen MR) is 86.6 cm³/mol. The maximum Gasteiger partial charge on any atom is 0.187 e. The lowest BCUT2D eigenvalue weighted by Crippen LogP contribution is -1.98. The minimum Gasteiger partial charge on any atom is -0.342 e. The molecule has 2 heteroatoms. The van der Waals surface area contributed by atoms with E-state index >= 15 is 0 Å². The molecule has 0 atom stereocenters. The molecule has 0 aliphatic carbocycles. The lowest BCUT2D eigenvalue weighted by atomic mass is 10.1. The molecule has 0 saturated heterocycles. The Bertz CT molecular complexity index is 797. The van der Waals surface area contributed by atoms with E-state index in [4.69, 9.17) is 0 Å². The van der Waals surface area contributed by atoms with Gasteiger partial charge in [-0.15, -0.1) is 0 Å². The van der Waals surface area contributed by atoms with Crippen LogP contribution in [0.15, 0.2) is 72.9 Å². The van der Waals surface area contributed by atoms with E-state index in [1.165, 1.54) is 5.56 Å². The molecule has 0 aliphatic rings. The van der Waals surface area contributed by atoms with Gasteiger partial charge in [0.1, 0.15) is 0 Å². The van der Waals surface area contributed by atoms with Crippen LogP contribution in [0.2, 0.25) is 0 Å². The zero-order valence-corrected chi connectivity index (χ0v) is 12.0. The van der Waals surface area contributed by atoms with Crippen molar-refractivity contribution in [2.24, 2.45) is 0 Å². The molecule has 0 fully saturated rings. The van der Waals surface area contributed by atoms with Crippen molar-refractivity contribution in [3.05, 3.63) is 84.1 Å². The summed E-state index contributed by atoms with van der Waals surface area (Å²) in [6, 6.07) is 18.3. The highest BCUT2D eigenvalue weighted by Gasteiger charge is 2.12. The van der Waals surface area contributed by atoms with Crippen LogP contribution in [0.1, 0.15) is 22.8 Å². The van der Waals surface area contributed by atoms with Crippen molar-refractivity contribution in [2.45, 2.75) is 13.5 Å². The minimum absolute atomic E-state index is 0.0560. The topological polar surface area (TPSA) is 22.0 Å². The molecule has 0 amide bonds. The Labute approximate surface area is 124 Å². The molecular formula is C19H17NO. The summed E-state index contributed by atoms with van der Waals surface area (Å²) >= 11 is 0. The van der Waals surface area contributed by atoms with Crippen LogP contribution in [0, 0.1) is 0 Å². The van der Waals surface area contributed by atoms with E-state index in [-0.39, 0.29) is 5.78 Å². The van der Waals surface area contributed by atoms with Gasteiger partial charge in [0.25, 0.3) is 0 Å². The van der Waals surface area contributed by atoms with Crippen molar-refractivity contribution >= 4 is 16.7 Å². The number of para-hydroxylation sites is 1. The average molecular weight is 275 g/mol. The van der Waals surface area contributed by atoms with Crippen molar-refractivity contribution in [2.75, 3.05) is 0 Å². The fourth-order valence-electron chi connectivity index (χ4n) is 2.60. The molecule has 2 nitrogen and oxygen atoms in total. The van der Waals surface area contributed by atoms with Gasteiger partial charge in [-0.2, -0.15) is 0 Å². The van der Waals surface area contributed by atoms with Gasteiger partial charge in [0.2, 0.25) is 0 Å². The van der Waals surface area contributed by atoms with E-state index in [0.717, 1.165) is 23.0 Å². The molecule has 1 aromatic heterocycles. The summed E-state index contributed by atoms with van der Waals surface area (Å²) in [5.41, 5.74) is 3.08. The van der Waals surface area contributed by atoms with Crippen LogP contribution in [0.5, 0.6) is 0 Å². The first-order valence-electron chi connectivity index (χ1n) is 7.08. The number of benzene rings is 2. The second kappa shape index (κ2) is 5.80. The van der Waals surface area contributed by atoms with E-state index in [9.17, 15) is 4.79 Å². The Balaban J connectivity index is 2.09. The number of fused-ring (bicyclic) bond motifs is 1. The van der Waals surface area contributed by atoms with Gasteiger partial charge in [-0.1, -0.05) is 54.6 Å². The molecule has 0 aliphatic heterocycles. The molecule has 3 aromatic rings. The second-order valence-corrected chi connectivity index (χ2v) is 5.04. The Kier molecular flexibility index (Phi) is 3.69. The van der Waals surface area contributed by atoms with Gasteiger partial charge in [-0.25, -0.2) is 0 Å². The van der Waals surface area contributed by atoms with Crippen LogP contribution in [0.3, 0.4) is 0 Å². The Morgan fingerprint density at radius 2 is 1.76 bits per heavy atom. The summed E-state index contributed by atoms with van der Waals surface area (Å²) in [7, 11) is 0. The van der Waals surface area contributed by atoms with Crippen LogP contribution in [-0.2, 0) is 6.54 Å². The van der Waals surface area contributed by atoms with Crippen LogP contribution in [-0.4, -0.2) is 10.4 Å². The number of carbonyl (C=O) groups excluding carboxylic acids is 1. The van der Waals surface area contributed by atoms with E-state index in [1.807, 2.05) is 49.5 Å². The second-order valence-electron chi connectivity index (χ2n) is 5.04. The van der Waals surface area contributed by atoms with Gasteiger partial charge >= 0.3 is 0 Å². The monoisotopic (exact) mass is 275 g/mol. The zero-order chi connectivity index (χ0) is 14.7. The van der Waals surface area contributed by atoms with Crippen LogP contribution in [0.4, 0.5) is 0 Å². The van der Waals surface area contributed by atoms with Crippen LogP contribution < -0.4 is 0 Å². The first-order valence-corrected chi connectivity index (χ1v) is 7.08. The standard InChI is InChI=1S/C19H17NO/c1-2-8-19(21)17-14-20(13-15-9-4-3-5-10-15)18-12-7-6-11-16(17)18/h2-12,14H,13H2,1H3/b8-2+. The number of hydrogen-bond donors (Lipinski definition) is 0. The van der Waals surface area contributed by atoms with Gasteiger partial charge in [-0.05, 0) is 24.6 Å². The SMILES string of the molecule is C/C=C/C(=O)c1cn(Cc2ccccc2)c2ccccc12. The molecule has 104 valence electrons. The quantitative estimate of drug-likeness (QED) is 0.509. The number of ketones is 1. The largest absolute Gasteiger partial charge is 0.342 e. The summed E-state index contributed by atoms with van der Waals surface area (Å²) in [5.74, 6) is 0.0560. The van der Waals surface area contributed by atoms with Crippen molar-refractivity contribution in [1.82, 2.24) is 4.57 Å². The molecule has 2 aromatic carbocycles. The third kappa shape index (κ3) is 2.65. The lowest BCUT2D eigenvalue weighted by molar-refractivity contribution is 0.104. The normalized spacial score (nSPS) is 11.3. The number of carbonyl (C=O) groups is 1. The number of aromatic nitrogens is 1. The van der Waals surface area contributed by atoms with E-state index in [0.29, 0.717) is 0 Å². The van der Waals surface area contributed by atoms with Crippen molar-refractivity contribution in [3.8, 4) is 0 Å². The Morgan fingerprint density at radius 1 is 1.05 bits per heavy atom. The number of hydrogen-bond acceptors (Lipinski definition) is 1. The summed E-state index contributed by atoms with van der Waals surface area (Å²) in [4.78, 5) is 12.2. The van der Waals surface area contributed by atoms with E-state index in [1.54, 1.807) is 12.2 Å². The number of rotatable bonds is 4. The molecule has 0 spiro atoms. The highest BCUT2D eigenvalue weighted by molar-refractivity contribution is 6.13. The highest BCUT2D eigenvalue weighted by Crippen LogP contribution is 2.23.